The third-order valence-corrected chi connectivity index (χ3v) is 5.27. The maximum Gasteiger partial charge on any atom is 0.244 e. The Morgan fingerprint density at radius 2 is 1.94 bits per heavy atom. The first-order chi connectivity index (χ1) is 8.17. The normalized spacial score (nSPS) is 14.2. The second kappa shape index (κ2) is 5.42. The molecule has 5 nitrogen and oxygen atoms in total. The minimum Gasteiger partial charge on any atom is -0.382 e. The van der Waals surface area contributed by atoms with Crippen LogP contribution in [0, 0.1) is 5.92 Å². The molecule has 0 aliphatic heterocycles. The molecule has 1 aromatic heterocycles. The van der Waals surface area contributed by atoms with E-state index in [1.807, 2.05) is 20.8 Å². The van der Waals surface area contributed by atoms with Gasteiger partial charge in [-0.25, -0.2) is 13.4 Å². The van der Waals surface area contributed by atoms with Gasteiger partial charge in [0.15, 0.2) is 0 Å². The van der Waals surface area contributed by atoms with E-state index in [1.54, 1.807) is 7.05 Å². The molecule has 0 radical (unpaired) electrons. The quantitative estimate of drug-likeness (QED) is 0.920. The molecule has 0 aliphatic rings. The van der Waals surface area contributed by atoms with E-state index < -0.39 is 10.0 Å². The second-order valence-electron chi connectivity index (χ2n) is 4.54. The van der Waals surface area contributed by atoms with Crippen LogP contribution in [-0.2, 0) is 10.0 Å². The zero-order chi connectivity index (χ0) is 14.1. The summed E-state index contributed by atoms with van der Waals surface area (Å²) in [7, 11) is -2.05. The lowest BCUT2D eigenvalue weighted by Gasteiger charge is -2.27. The van der Waals surface area contributed by atoms with Gasteiger partial charge in [-0.1, -0.05) is 25.4 Å². The maximum absolute atomic E-state index is 12.3. The molecule has 1 atom stereocenters. The number of nitrogens with two attached hydrogens (primary N) is 1. The molecule has 1 rings (SSSR count). The van der Waals surface area contributed by atoms with Crippen LogP contribution in [0.2, 0.25) is 5.02 Å². The van der Waals surface area contributed by atoms with Gasteiger partial charge in [-0.2, -0.15) is 4.31 Å². The van der Waals surface area contributed by atoms with Gasteiger partial charge in [0.05, 0.1) is 5.02 Å². The summed E-state index contributed by atoms with van der Waals surface area (Å²) in [5.74, 6) is 0.331. The Kier molecular flexibility index (Phi) is 4.58. The summed E-state index contributed by atoms with van der Waals surface area (Å²) in [5.41, 5.74) is 5.46. The Bertz CT molecular complexity index is 531. The summed E-state index contributed by atoms with van der Waals surface area (Å²) in [6, 6.07) is 1.20. The monoisotopic (exact) mass is 291 g/mol. The summed E-state index contributed by atoms with van der Waals surface area (Å²) in [5, 5.41) is 0.140. The first-order valence-electron chi connectivity index (χ1n) is 5.57. The highest BCUT2D eigenvalue weighted by atomic mass is 35.5. The van der Waals surface area contributed by atoms with Crippen molar-refractivity contribution in [2.45, 2.75) is 31.7 Å². The predicted molar refractivity (Wildman–Crippen MR) is 72.9 cm³/mol. The molecule has 1 heterocycles. The van der Waals surface area contributed by atoms with Crippen LogP contribution in [0.25, 0.3) is 0 Å². The van der Waals surface area contributed by atoms with Crippen molar-refractivity contribution in [2.75, 3.05) is 12.8 Å². The van der Waals surface area contributed by atoms with Gasteiger partial charge in [-0.15, -0.1) is 0 Å². The molecule has 2 N–H and O–H groups in total. The Morgan fingerprint density at radius 1 is 1.39 bits per heavy atom. The lowest BCUT2D eigenvalue weighted by atomic mass is 10.1. The van der Waals surface area contributed by atoms with E-state index in [-0.39, 0.29) is 27.7 Å². The fourth-order valence-electron chi connectivity index (χ4n) is 1.38. The van der Waals surface area contributed by atoms with Gasteiger partial charge in [0.25, 0.3) is 0 Å². The average Bonchev–Trinajstić information content (AvgIpc) is 2.30. The number of rotatable bonds is 4. The first-order valence-corrected chi connectivity index (χ1v) is 7.38. The summed E-state index contributed by atoms with van der Waals surface area (Å²) in [6.45, 7) is 5.78. The van der Waals surface area contributed by atoms with E-state index in [0.717, 1.165) is 0 Å². The van der Waals surface area contributed by atoms with Crippen molar-refractivity contribution in [2.24, 2.45) is 5.92 Å². The number of sulfonamides is 1. The molecule has 0 saturated heterocycles. The molecule has 0 bridgehead atoms. The van der Waals surface area contributed by atoms with Gasteiger partial charge < -0.3 is 5.73 Å². The van der Waals surface area contributed by atoms with E-state index >= 15 is 0 Å². The summed E-state index contributed by atoms with van der Waals surface area (Å²) < 4.78 is 26.0. The summed E-state index contributed by atoms with van der Waals surface area (Å²) in [6.07, 6.45) is 1.22. The molecule has 0 aromatic carbocycles. The van der Waals surface area contributed by atoms with Crippen LogP contribution in [0.5, 0.6) is 0 Å². The number of nitrogen functional groups attached to an aromatic ring is 1. The van der Waals surface area contributed by atoms with Gasteiger partial charge >= 0.3 is 0 Å². The summed E-state index contributed by atoms with van der Waals surface area (Å²) >= 11 is 5.80. The van der Waals surface area contributed by atoms with Crippen molar-refractivity contribution in [1.29, 1.82) is 0 Å². The molecule has 0 aliphatic carbocycles. The zero-order valence-corrected chi connectivity index (χ0v) is 12.5. The predicted octanol–water partition coefficient (Wildman–Crippen LogP) is 1.98. The third kappa shape index (κ3) is 2.93. The van der Waals surface area contributed by atoms with Crippen LogP contribution < -0.4 is 5.73 Å². The zero-order valence-electron chi connectivity index (χ0n) is 10.9. The molecule has 1 aromatic rings. The number of hydrogen-bond donors (Lipinski definition) is 1. The fraction of sp³-hybridized carbons (Fsp3) is 0.545. The molecule has 7 heteroatoms. The van der Waals surface area contributed by atoms with Gasteiger partial charge in [0.1, 0.15) is 10.7 Å². The summed E-state index contributed by atoms with van der Waals surface area (Å²) in [4.78, 5) is 3.82. The molecule has 1 unspecified atom stereocenters. The second-order valence-corrected chi connectivity index (χ2v) is 6.95. The minimum atomic E-state index is -3.59. The number of hydrogen-bond acceptors (Lipinski definition) is 4. The van der Waals surface area contributed by atoms with Crippen LogP contribution >= 0.6 is 11.6 Å². The van der Waals surface area contributed by atoms with E-state index in [0.29, 0.717) is 0 Å². The highest BCUT2D eigenvalue weighted by molar-refractivity contribution is 7.89. The smallest absolute Gasteiger partial charge is 0.244 e. The van der Waals surface area contributed by atoms with Crippen molar-refractivity contribution < 1.29 is 8.42 Å². The number of nitrogens with zero attached hydrogens (tertiary/aromatic N) is 2. The fourth-order valence-corrected chi connectivity index (χ4v) is 3.07. The maximum atomic E-state index is 12.3. The lowest BCUT2D eigenvalue weighted by Crippen LogP contribution is -2.38. The van der Waals surface area contributed by atoms with Crippen LogP contribution in [0.15, 0.2) is 17.2 Å². The Hall–Kier alpha value is -0.850. The largest absolute Gasteiger partial charge is 0.382 e. The van der Waals surface area contributed by atoms with Crippen LogP contribution in [0.4, 0.5) is 5.82 Å². The SMILES string of the molecule is CC(C)C(C)N(C)S(=O)(=O)c1cnc(N)c(Cl)c1. The molecular weight excluding hydrogens is 274 g/mol. The molecule has 18 heavy (non-hydrogen) atoms. The number of anilines is 1. The first kappa shape index (κ1) is 15.2. The van der Waals surface area contributed by atoms with Gasteiger partial charge in [-0.3, -0.25) is 0 Å². The van der Waals surface area contributed by atoms with Crippen molar-refractivity contribution >= 4 is 27.4 Å². The number of halogens is 1. The molecular formula is C11H18ClN3O2S. The van der Waals surface area contributed by atoms with Crippen molar-refractivity contribution in [3.05, 3.63) is 17.3 Å². The van der Waals surface area contributed by atoms with Crippen LogP contribution in [-0.4, -0.2) is 30.8 Å². The highest BCUT2D eigenvalue weighted by Crippen LogP contribution is 2.24. The van der Waals surface area contributed by atoms with Gasteiger partial charge in [0.2, 0.25) is 10.0 Å². The molecule has 0 saturated carbocycles. The van der Waals surface area contributed by atoms with E-state index in [9.17, 15) is 8.42 Å². The van der Waals surface area contributed by atoms with Gasteiger partial charge in [0, 0.05) is 19.3 Å². The Morgan fingerprint density at radius 3 is 2.39 bits per heavy atom. The third-order valence-electron chi connectivity index (χ3n) is 3.06. The topological polar surface area (TPSA) is 76.3 Å². The molecule has 102 valence electrons. The van der Waals surface area contributed by atoms with Crippen molar-refractivity contribution in [1.82, 2.24) is 9.29 Å². The number of aromatic nitrogens is 1. The Balaban J connectivity index is 3.17. The standard InChI is InChI=1S/C11H18ClN3O2S/c1-7(2)8(3)15(4)18(16,17)9-5-10(12)11(13)14-6-9/h5-8H,1-4H3,(H2,13,14). The van der Waals surface area contributed by atoms with Crippen molar-refractivity contribution in [3.8, 4) is 0 Å². The Labute approximate surface area is 113 Å². The molecule has 0 fully saturated rings. The van der Waals surface area contributed by atoms with E-state index in [4.69, 9.17) is 17.3 Å². The van der Waals surface area contributed by atoms with E-state index in [1.165, 1.54) is 16.6 Å². The van der Waals surface area contributed by atoms with Crippen molar-refractivity contribution in [3.63, 3.8) is 0 Å². The van der Waals surface area contributed by atoms with E-state index in [2.05, 4.69) is 4.98 Å². The highest BCUT2D eigenvalue weighted by Gasteiger charge is 2.27. The van der Waals surface area contributed by atoms with Crippen LogP contribution in [0.1, 0.15) is 20.8 Å². The minimum absolute atomic E-state index is 0.0525. The number of pyridine rings is 1. The van der Waals surface area contributed by atoms with Crippen LogP contribution in [0.3, 0.4) is 0 Å². The van der Waals surface area contributed by atoms with Gasteiger partial charge in [-0.05, 0) is 18.9 Å². The average molecular weight is 292 g/mol. The lowest BCUT2D eigenvalue weighted by molar-refractivity contribution is 0.315. The molecule has 0 spiro atoms. The molecule has 0 amide bonds.